The summed E-state index contributed by atoms with van der Waals surface area (Å²) in [6.07, 6.45) is 0. The number of hydrogen-bond acceptors (Lipinski definition) is 2. The number of rotatable bonds is 2. The largest absolute Gasteiger partial charge is 0.331 e. The Morgan fingerprint density at radius 3 is 2.76 bits per heavy atom. The van der Waals surface area contributed by atoms with Crippen molar-refractivity contribution in [3.05, 3.63) is 29.6 Å². The zero-order valence-electron chi connectivity index (χ0n) is 10.7. The van der Waals surface area contributed by atoms with Crippen LogP contribution in [0, 0.1) is 12.8 Å². The molecule has 90 valence electrons. The first-order valence-corrected chi connectivity index (χ1v) is 6.31. The van der Waals surface area contributed by atoms with Crippen LogP contribution in [0.2, 0.25) is 0 Å². The van der Waals surface area contributed by atoms with E-state index >= 15 is 0 Å². The Hall–Kier alpha value is -1.35. The summed E-state index contributed by atoms with van der Waals surface area (Å²) < 4.78 is 2.27. The van der Waals surface area contributed by atoms with Crippen LogP contribution in [0.15, 0.2) is 18.2 Å². The minimum Gasteiger partial charge on any atom is -0.331 e. The number of hydrogen-bond donors (Lipinski definition) is 1. The molecule has 0 saturated carbocycles. The molecule has 3 nitrogen and oxygen atoms in total. The maximum atomic E-state index is 4.81. The average molecular weight is 229 g/mol. The predicted molar refractivity (Wildman–Crippen MR) is 70.2 cm³/mol. The van der Waals surface area contributed by atoms with Crippen LogP contribution >= 0.6 is 0 Å². The molecule has 1 aliphatic heterocycles. The summed E-state index contributed by atoms with van der Waals surface area (Å²) in [5.41, 5.74) is 3.71. The number of nitrogens with one attached hydrogen (secondary N) is 1. The quantitative estimate of drug-likeness (QED) is 0.855. The van der Waals surface area contributed by atoms with Gasteiger partial charge in [-0.1, -0.05) is 19.1 Å². The van der Waals surface area contributed by atoms with Crippen molar-refractivity contribution in [2.75, 3.05) is 13.1 Å². The monoisotopic (exact) mass is 229 g/mol. The third-order valence-corrected chi connectivity index (χ3v) is 4.06. The number of imidazole rings is 1. The SMILES string of the molecule is Cc1cccc2nc(C(C)C3CNC3)n(C)c12. The molecule has 3 rings (SSSR count). The molecule has 1 atom stereocenters. The van der Waals surface area contributed by atoms with E-state index in [1.54, 1.807) is 0 Å². The normalized spacial score (nSPS) is 18.3. The van der Waals surface area contributed by atoms with E-state index in [2.05, 4.69) is 49.0 Å². The Labute approximate surface area is 102 Å². The topological polar surface area (TPSA) is 29.9 Å². The Bertz CT molecular complexity index is 552. The van der Waals surface area contributed by atoms with Crippen LogP contribution in [0.4, 0.5) is 0 Å². The molecule has 0 spiro atoms. The lowest BCUT2D eigenvalue weighted by atomic mass is 9.88. The molecule has 3 heteroatoms. The first-order valence-electron chi connectivity index (χ1n) is 6.31. The Morgan fingerprint density at radius 2 is 2.18 bits per heavy atom. The molecule has 0 aliphatic carbocycles. The molecule has 0 bridgehead atoms. The van der Waals surface area contributed by atoms with Gasteiger partial charge in [0.2, 0.25) is 0 Å². The number of aromatic nitrogens is 2. The molecule has 17 heavy (non-hydrogen) atoms. The van der Waals surface area contributed by atoms with Crippen LogP contribution in [0.3, 0.4) is 0 Å². The maximum Gasteiger partial charge on any atom is 0.112 e. The highest BCUT2D eigenvalue weighted by Crippen LogP contribution is 2.29. The molecule has 1 aromatic carbocycles. The molecule has 1 N–H and O–H groups in total. The number of para-hydroxylation sites is 1. The fourth-order valence-electron chi connectivity index (χ4n) is 2.77. The van der Waals surface area contributed by atoms with Gasteiger partial charge in [0.25, 0.3) is 0 Å². The van der Waals surface area contributed by atoms with Gasteiger partial charge in [-0.3, -0.25) is 0 Å². The molecular weight excluding hydrogens is 210 g/mol. The van der Waals surface area contributed by atoms with Crippen molar-refractivity contribution in [1.29, 1.82) is 0 Å². The lowest BCUT2D eigenvalue weighted by Gasteiger charge is -2.32. The van der Waals surface area contributed by atoms with Crippen LogP contribution < -0.4 is 5.32 Å². The minimum atomic E-state index is 0.535. The minimum absolute atomic E-state index is 0.535. The summed E-state index contributed by atoms with van der Waals surface area (Å²) in [5, 5.41) is 3.34. The van der Waals surface area contributed by atoms with Crippen molar-refractivity contribution in [2.45, 2.75) is 19.8 Å². The highest BCUT2D eigenvalue weighted by molar-refractivity contribution is 5.79. The molecule has 1 saturated heterocycles. The molecule has 2 aromatic rings. The molecule has 0 radical (unpaired) electrons. The fourth-order valence-corrected chi connectivity index (χ4v) is 2.77. The summed E-state index contributed by atoms with van der Waals surface area (Å²) in [6.45, 7) is 6.71. The lowest BCUT2D eigenvalue weighted by molar-refractivity contribution is 0.293. The first-order chi connectivity index (χ1) is 8.18. The molecule has 1 aliphatic rings. The van der Waals surface area contributed by atoms with Gasteiger partial charge < -0.3 is 9.88 Å². The van der Waals surface area contributed by atoms with Crippen LogP contribution in [0.5, 0.6) is 0 Å². The van der Waals surface area contributed by atoms with E-state index in [4.69, 9.17) is 4.98 Å². The van der Waals surface area contributed by atoms with E-state index in [0.29, 0.717) is 5.92 Å². The number of nitrogens with zero attached hydrogens (tertiary/aromatic N) is 2. The second kappa shape index (κ2) is 3.84. The third-order valence-electron chi connectivity index (χ3n) is 4.06. The van der Waals surface area contributed by atoms with Crippen molar-refractivity contribution < 1.29 is 0 Å². The van der Waals surface area contributed by atoms with E-state index in [0.717, 1.165) is 24.5 Å². The highest BCUT2D eigenvalue weighted by Gasteiger charge is 2.28. The van der Waals surface area contributed by atoms with E-state index in [1.807, 2.05) is 0 Å². The van der Waals surface area contributed by atoms with Gasteiger partial charge in [0.1, 0.15) is 5.82 Å². The highest BCUT2D eigenvalue weighted by atomic mass is 15.1. The van der Waals surface area contributed by atoms with Gasteiger partial charge in [-0.05, 0) is 37.6 Å². The molecule has 1 aromatic heterocycles. The van der Waals surface area contributed by atoms with Crippen molar-refractivity contribution >= 4 is 11.0 Å². The van der Waals surface area contributed by atoms with Crippen molar-refractivity contribution in [3.8, 4) is 0 Å². The summed E-state index contributed by atoms with van der Waals surface area (Å²) in [7, 11) is 2.14. The molecular formula is C14H19N3. The van der Waals surface area contributed by atoms with E-state index in [9.17, 15) is 0 Å². The molecule has 1 fully saturated rings. The maximum absolute atomic E-state index is 4.81. The number of aryl methyl sites for hydroxylation is 2. The summed E-state index contributed by atoms with van der Waals surface area (Å²) >= 11 is 0. The van der Waals surface area contributed by atoms with Gasteiger partial charge in [-0.2, -0.15) is 0 Å². The van der Waals surface area contributed by atoms with Crippen LogP contribution in [-0.4, -0.2) is 22.6 Å². The smallest absolute Gasteiger partial charge is 0.112 e. The Morgan fingerprint density at radius 1 is 1.41 bits per heavy atom. The number of benzene rings is 1. The standard InChI is InChI=1S/C14H19N3/c1-9-5-4-6-12-13(9)17(3)14(16-12)10(2)11-7-15-8-11/h4-6,10-11,15H,7-8H2,1-3H3. The van der Waals surface area contributed by atoms with Gasteiger partial charge in [-0.25, -0.2) is 4.98 Å². The van der Waals surface area contributed by atoms with Crippen molar-refractivity contribution in [3.63, 3.8) is 0 Å². The molecule has 0 amide bonds. The van der Waals surface area contributed by atoms with Gasteiger partial charge in [0, 0.05) is 13.0 Å². The molecule has 1 unspecified atom stereocenters. The van der Waals surface area contributed by atoms with Crippen LogP contribution in [0.1, 0.15) is 24.2 Å². The van der Waals surface area contributed by atoms with Crippen molar-refractivity contribution in [2.24, 2.45) is 13.0 Å². The van der Waals surface area contributed by atoms with Crippen LogP contribution in [0.25, 0.3) is 11.0 Å². The summed E-state index contributed by atoms with van der Waals surface area (Å²) in [4.78, 5) is 4.81. The van der Waals surface area contributed by atoms with Crippen LogP contribution in [-0.2, 0) is 7.05 Å². The Kier molecular flexibility index (Phi) is 2.44. The second-order valence-electron chi connectivity index (χ2n) is 5.18. The zero-order valence-corrected chi connectivity index (χ0v) is 10.7. The second-order valence-corrected chi connectivity index (χ2v) is 5.18. The van der Waals surface area contributed by atoms with Gasteiger partial charge in [0.15, 0.2) is 0 Å². The fraction of sp³-hybridized carbons (Fsp3) is 0.500. The zero-order chi connectivity index (χ0) is 12.0. The van der Waals surface area contributed by atoms with Gasteiger partial charge in [0.05, 0.1) is 11.0 Å². The van der Waals surface area contributed by atoms with Crippen molar-refractivity contribution in [1.82, 2.24) is 14.9 Å². The van der Waals surface area contributed by atoms with E-state index in [-0.39, 0.29) is 0 Å². The van der Waals surface area contributed by atoms with Gasteiger partial charge in [-0.15, -0.1) is 0 Å². The van der Waals surface area contributed by atoms with E-state index in [1.165, 1.54) is 16.9 Å². The first kappa shape index (κ1) is 10.8. The van der Waals surface area contributed by atoms with E-state index < -0.39 is 0 Å². The summed E-state index contributed by atoms with van der Waals surface area (Å²) in [5.74, 6) is 2.50. The Balaban J connectivity index is 2.10. The summed E-state index contributed by atoms with van der Waals surface area (Å²) in [6, 6.07) is 6.35. The third kappa shape index (κ3) is 1.57. The number of fused-ring (bicyclic) bond motifs is 1. The predicted octanol–water partition coefficient (Wildman–Crippen LogP) is 2.20. The van der Waals surface area contributed by atoms with Gasteiger partial charge >= 0.3 is 0 Å². The molecule has 2 heterocycles. The lowest BCUT2D eigenvalue weighted by Crippen LogP contribution is -2.45. The average Bonchev–Trinajstić information content (AvgIpc) is 2.55.